The smallest absolute Gasteiger partial charge is 0.228 e. The molecule has 0 aromatic heterocycles. The summed E-state index contributed by atoms with van der Waals surface area (Å²) < 4.78 is 18.6. The van der Waals surface area contributed by atoms with Crippen LogP contribution in [0.2, 0.25) is 0 Å². The van der Waals surface area contributed by atoms with Gasteiger partial charge in [-0.05, 0) is 24.3 Å². The Morgan fingerprint density at radius 2 is 1.57 bits per heavy atom. The summed E-state index contributed by atoms with van der Waals surface area (Å²) in [5, 5.41) is 0. The first-order valence-electron chi connectivity index (χ1n) is 7.20. The molecule has 0 radical (unpaired) electrons. The first kappa shape index (κ1) is 13.7. The molecule has 0 bridgehead atoms. The number of ether oxygens (including phenoxy) is 1. The van der Waals surface area contributed by atoms with E-state index in [4.69, 9.17) is 4.74 Å². The number of fused-ring (bicyclic) bond motifs is 1. The molecule has 2 aromatic rings. The van der Waals surface area contributed by atoms with Crippen LogP contribution < -0.4 is 4.90 Å². The van der Waals surface area contributed by atoms with Gasteiger partial charge in [-0.25, -0.2) is 4.39 Å². The van der Waals surface area contributed by atoms with Crippen molar-refractivity contribution in [2.45, 2.75) is 0 Å². The molecule has 4 rings (SSSR count). The van der Waals surface area contributed by atoms with Gasteiger partial charge in [-0.2, -0.15) is 0 Å². The van der Waals surface area contributed by atoms with Crippen LogP contribution in [-0.2, 0) is 4.74 Å². The van der Waals surface area contributed by atoms with E-state index < -0.39 is 0 Å². The number of benzene rings is 2. The summed E-state index contributed by atoms with van der Waals surface area (Å²) in [6.07, 6.45) is 0. The first-order chi connectivity index (χ1) is 11.1. The number of rotatable bonds is 1. The summed E-state index contributed by atoms with van der Waals surface area (Å²) in [6.45, 7) is 0.408. The molecule has 0 saturated carbocycles. The van der Waals surface area contributed by atoms with E-state index in [0.717, 1.165) is 5.69 Å². The highest BCUT2D eigenvalue weighted by Crippen LogP contribution is 2.31. The molecule has 114 valence electrons. The van der Waals surface area contributed by atoms with Crippen LogP contribution in [-0.4, -0.2) is 24.8 Å². The lowest BCUT2D eigenvalue weighted by Crippen LogP contribution is -2.39. The van der Waals surface area contributed by atoms with Crippen molar-refractivity contribution in [3.05, 3.63) is 76.8 Å². The molecule has 2 aliphatic rings. The maximum absolute atomic E-state index is 13.0. The van der Waals surface area contributed by atoms with Crippen molar-refractivity contribution in [1.82, 2.24) is 0 Å². The molecule has 5 heteroatoms. The highest BCUT2D eigenvalue weighted by molar-refractivity contribution is 6.26. The van der Waals surface area contributed by atoms with Crippen molar-refractivity contribution in [1.29, 1.82) is 0 Å². The van der Waals surface area contributed by atoms with Crippen LogP contribution in [0.1, 0.15) is 20.7 Å². The number of Topliss-reactive ketones (excluding diaryl/α,β-unsaturated/α-hetero) is 2. The van der Waals surface area contributed by atoms with Gasteiger partial charge in [-0.15, -0.1) is 0 Å². The minimum Gasteiger partial charge on any atom is -0.468 e. The van der Waals surface area contributed by atoms with E-state index in [1.165, 1.54) is 12.1 Å². The Morgan fingerprint density at radius 3 is 2.26 bits per heavy atom. The van der Waals surface area contributed by atoms with Crippen molar-refractivity contribution < 1.29 is 18.7 Å². The van der Waals surface area contributed by atoms with Gasteiger partial charge in [0, 0.05) is 16.8 Å². The molecule has 2 aromatic carbocycles. The van der Waals surface area contributed by atoms with E-state index in [-0.39, 0.29) is 36.4 Å². The molecule has 0 atom stereocenters. The SMILES string of the molecule is O=C1C2=C(OCN(c3ccc(F)cc3)C2)C(=O)c2ccccc21. The second kappa shape index (κ2) is 5.05. The summed E-state index contributed by atoms with van der Waals surface area (Å²) in [6, 6.07) is 12.7. The Kier molecular flexibility index (Phi) is 3.01. The summed E-state index contributed by atoms with van der Waals surface area (Å²) in [5.41, 5.74) is 1.87. The fourth-order valence-electron chi connectivity index (χ4n) is 2.90. The van der Waals surface area contributed by atoms with Crippen LogP contribution in [0.25, 0.3) is 0 Å². The topological polar surface area (TPSA) is 46.6 Å². The van der Waals surface area contributed by atoms with Crippen LogP contribution in [0.4, 0.5) is 10.1 Å². The van der Waals surface area contributed by atoms with E-state index in [2.05, 4.69) is 0 Å². The molecule has 1 aliphatic carbocycles. The van der Waals surface area contributed by atoms with Crippen LogP contribution in [0.5, 0.6) is 0 Å². The van der Waals surface area contributed by atoms with E-state index in [1.54, 1.807) is 41.3 Å². The molecule has 1 aliphatic heterocycles. The second-order valence-electron chi connectivity index (χ2n) is 5.46. The first-order valence-corrected chi connectivity index (χ1v) is 7.20. The van der Waals surface area contributed by atoms with Crippen LogP contribution >= 0.6 is 0 Å². The molecule has 0 spiro atoms. The zero-order chi connectivity index (χ0) is 16.0. The monoisotopic (exact) mass is 309 g/mol. The quantitative estimate of drug-likeness (QED) is 0.812. The van der Waals surface area contributed by atoms with E-state index >= 15 is 0 Å². The number of allylic oxidation sites excluding steroid dienone is 1. The summed E-state index contributed by atoms with van der Waals surface area (Å²) >= 11 is 0. The van der Waals surface area contributed by atoms with Crippen molar-refractivity contribution in [3.63, 3.8) is 0 Å². The molecule has 0 saturated heterocycles. The average Bonchev–Trinajstić information content (AvgIpc) is 2.60. The van der Waals surface area contributed by atoms with Gasteiger partial charge in [0.25, 0.3) is 0 Å². The lowest BCUT2D eigenvalue weighted by molar-refractivity contribution is 0.0847. The molecule has 0 N–H and O–H groups in total. The third-order valence-electron chi connectivity index (χ3n) is 4.08. The molecular formula is C18H12FNO3. The van der Waals surface area contributed by atoms with Crippen molar-refractivity contribution in [2.75, 3.05) is 18.2 Å². The van der Waals surface area contributed by atoms with E-state index in [1.807, 2.05) is 0 Å². The normalized spacial score (nSPS) is 16.8. The molecule has 0 amide bonds. The van der Waals surface area contributed by atoms with E-state index in [0.29, 0.717) is 16.7 Å². The number of halogens is 1. The Hall–Kier alpha value is -2.95. The van der Waals surface area contributed by atoms with Crippen LogP contribution in [0.3, 0.4) is 0 Å². The Morgan fingerprint density at radius 1 is 0.913 bits per heavy atom. The largest absolute Gasteiger partial charge is 0.468 e. The highest BCUT2D eigenvalue weighted by atomic mass is 19.1. The van der Waals surface area contributed by atoms with Gasteiger partial charge in [0.1, 0.15) is 5.82 Å². The Bertz CT molecular complexity index is 855. The lowest BCUT2D eigenvalue weighted by Gasteiger charge is -2.33. The highest BCUT2D eigenvalue weighted by Gasteiger charge is 2.36. The van der Waals surface area contributed by atoms with Crippen molar-refractivity contribution in [3.8, 4) is 0 Å². The van der Waals surface area contributed by atoms with Gasteiger partial charge < -0.3 is 9.64 Å². The summed E-state index contributed by atoms with van der Waals surface area (Å²) in [4.78, 5) is 26.9. The number of hydrogen-bond donors (Lipinski definition) is 0. The fraction of sp³-hybridized carbons (Fsp3) is 0.111. The number of nitrogens with zero attached hydrogens (tertiary/aromatic N) is 1. The predicted molar refractivity (Wildman–Crippen MR) is 81.8 cm³/mol. The number of carbonyl (C=O) groups excluding carboxylic acids is 2. The van der Waals surface area contributed by atoms with Gasteiger partial charge in [0.15, 0.2) is 18.3 Å². The van der Waals surface area contributed by atoms with Gasteiger partial charge in [0.2, 0.25) is 5.78 Å². The minimum absolute atomic E-state index is 0.132. The predicted octanol–water partition coefficient (Wildman–Crippen LogP) is 2.95. The zero-order valence-electron chi connectivity index (χ0n) is 12.1. The third kappa shape index (κ3) is 2.12. The van der Waals surface area contributed by atoms with Crippen LogP contribution in [0.15, 0.2) is 59.9 Å². The summed E-state index contributed by atoms with van der Waals surface area (Å²) in [7, 11) is 0. The summed E-state index contributed by atoms with van der Waals surface area (Å²) in [5.74, 6) is -0.646. The van der Waals surface area contributed by atoms with Gasteiger partial charge in [-0.1, -0.05) is 24.3 Å². The van der Waals surface area contributed by atoms with Gasteiger partial charge >= 0.3 is 0 Å². The third-order valence-corrected chi connectivity index (χ3v) is 4.08. The molecule has 0 fully saturated rings. The number of ketones is 2. The minimum atomic E-state index is -0.329. The molecule has 1 heterocycles. The number of hydrogen-bond acceptors (Lipinski definition) is 4. The molecular weight excluding hydrogens is 297 g/mol. The maximum atomic E-state index is 13.0. The molecule has 23 heavy (non-hydrogen) atoms. The number of anilines is 1. The van der Waals surface area contributed by atoms with Gasteiger partial charge in [0.05, 0.1) is 12.1 Å². The number of carbonyl (C=O) groups is 2. The van der Waals surface area contributed by atoms with Crippen molar-refractivity contribution in [2.24, 2.45) is 0 Å². The zero-order valence-corrected chi connectivity index (χ0v) is 12.1. The standard InChI is InChI=1S/C18H12FNO3/c19-11-5-7-12(8-6-11)20-9-15-16(21)13-3-1-2-4-14(13)17(22)18(15)23-10-20/h1-8H,9-10H2. The van der Waals surface area contributed by atoms with Crippen LogP contribution in [0, 0.1) is 5.82 Å². The molecule has 0 unspecified atom stereocenters. The maximum Gasteiger partial charge on any atom is 0.228 e. The Balaban J connectivity index is 1.71. The van der Waals surface area contributed by atoms with Gasteiger partial charge in [-0.3, -0.25) is 9.59 Å². The van der Waals surface area contributed by atoms with E-state index in [9.17, 15) is 14.0 Å². The Labute approximate surface area is 131 Å². The lowest BCUT2D eigenvalue weighted by atomic mass is 9.87. The average molecular weight is 309 g/mol. The van der Waals surface area contributed by atoms with Crippen molar-refractivity contribution >= 4 is 17.3 Å². The second-order valence-corrected chi connectivity index (χ2v) is 5.46. The molecule has 4 nitrogen and oxygen atoms in total. The fourth-order valence-corrected chi connectivity index (χ4v) is 2.90.